The monoisotopic (exact) mass is 664 g/mol. The van der Waals surface area contributed by atoms with Gasteiger partial charge in [-0.2, -0.15) is 0 Å². The van der Waals surface area contributed by atoms with Crippen molar-refractivity contribution in [3.63, 3.8) is 0 Å². The minimum atomic E-state index is -2.03. The standard InChI is InChI=1S/C27H37N2.C8H8NO.ClH.Pd/c1-18(2)22-11-9-12-23(19(3)4)26(22)28-15-16-29(17-28)27-24(20(5)6)13-10-14-25(27)21(7)8;1-7(10)9-8-5-3-2-4-6-8;;/h9-21H,1-8H3;2-5H,1H3,(H,9,10);1H;/q;;;+1/p-1. The van der Waals surface area contributed by atoms with Gasteiger partial charge >= 0.3 is 258 Å². The number of carbonyl (C=O) groups excluding carboxylic acids is 1. The summed E-state index contributed by atoms with van der Waals surface area (Å²) in [6.07, 6.45) is 4.47. The Kier molecular flexibility index (Phi) is 10.1. The van der Waals surface area contributed by atoms with E-state index in [2.05, 4.69) is 125 Å². The molecule has 0 radical (unpaired) electrons. The maximum absolute atomic E-state index is 12.2. The summed E-state index contributed by atoms with van der Waals surface area (Å²) in [5.41, 5.74) is 8.56. The summed E-state index contributed by atoms with van der Waals surface area (Å²) in [5, 5.41) is 3.05. The van der Waals surface area contributed by atoms with E-state index < -0.39 is 15.7 Å². The van der Waals surface area contributed by atoms with Gasteiger partial charge in [0.2, 0.25) is 0 Å². The molecule has 0 unspecified atom stereocenters. The van der Waals surface area contributed by atoms with Gasteiger partial charge in [0.05, 0.1) is 0 Å². The number of benzene rings is 3. The first kappa shape index (κ1) is 31.4. The first-order valence-corrected chi connectivity index (χ1v) is 18.2. The second-order valence-electron chi connectivity index (χ2n) is 11.9. The van der Waals surface area contributed by atoms with E-state index in [0.717, 1.165) is 9.72 Å². The molecule has 4 rings (SSSR count). The quantitative estimate of drug-likeness (QED) is 0.232. The Labute approximate surface area is 257 Å². The molecule has 0 atom stereocenters. The molecular formula is C35H45ClN3OPd. The molecule has 6 heteroatoms. The molecular weight excluding hydrogens is 620 g/mol. The molecule has 0 aromatic heterocycles. The van der Waals surface area contributed by atoms with Crippen LogP contribution < -0.4 is 19.2 Å². The van der Waals surface area contributed by atoms with Crippen LogP contribution in [0.5, 0.6) is 0 Å². The van der Waals surface area contributed by atoms with Gasteiger partial charge in [0, 0.05) is 0 Å². The Morgan fingerprint density at radius 1 is 0.683 bits per heavy atom. The molecule has 1 aliphatic heterocycles. The van der Waals surface area contributed by atoms with Gasteiger partial charge in [-0.3, -0.25) is 0 Å². The fraction of sp³-hybridized carbons (Fsp3) is 0.400. The average molecular weight is 666 g/mol. The van der Waals surface area contributed by atoms with Gasteiger partial charge in [0.15, 0.2) is 0 Å². The number of anilines is 3. The summed E-state index contributed by atoms with van der Waals surface area (Å²) in [7, 11) is 7.76. The van der Waals surface area contributed by atoms with E-state index in [0.29, 0.717) is 23.7 Å². The predicted molar refractivity (Wildman–Crippen MR) is 173 cm³/mol. The van der Waals surface area contributed by atoms with Gasteiger partial charge in [0.25, 0.3) is 0 Å². The van der Waals surface area contributed by atoms with Crippen LogP contribution in [0.25, 0.3) is 0 Å². The summed E-state index contributed by atoms with van der Waals surface area (Å²) in [5.74, 6) is 1.30. The molecule has 0 fully saturated rings. The van der Waals surface area contributed by atoms with E-state index in [1.54, 1.807) is 6.92 Å². The van der Waals surface area contributed by atoms with Gasteiger partial charge in [-0.05, 0) is 0 Å². The molecule has 4 nitrogen and oxygen atoms in total. The summed E-state index contributed by atoms with van der Waals surface area (Å²) >= 11 is -2.03. The Morgan fingerprint density at radius 2 is 1.07 bits per heavy atom. The van der Waals surface area contributed by atoms with E-state index in [4.69, 9.17) is 9.53 Å². The van der Waals surface area contributed by atoms with Crippen molar-refractivity contribution in [2.45, 2.75) is 90.6 Å². The molecule has 0 bridgehead atoms. The van der Waals surface area contributed by atoms with Crippen molar-refractivity contribution >= 4 is 36.5 Å². The Hall–Kier alpha value is -2.58. The zero-order valence-corrected chi connectivity index (χ0v) is 28.1. The van der Waals surface area contributed by atoms with E-state index in [9.17, 15) is 4.79 Å². The molecule has 41 heavy (non-hydrogen) atoms. The van der Waals surface area contributed by atoms with Gasteiger partial charge < -0.3 is 0 Å². The fourth-order valence-electron chi connectivity index (χ4n) is 5.49. The van der Waals surface area contributed by atoms with E-state index in [1.165, 1.54) is 33.6 Å². The van der Waals surface area contributed by atoms with Crippen LogP contribution in [0.2, 0.25) is 0 Å². The third-order valence-electron chi connectivity index (χ3n) is 7.48. The van der Waals surface area contributed by atoms with Crippen molar-refractivity contribution in [1.82, 2.24) is 0 Å². The van der Waals surface area contributed by atoms with Crippen LogP contribution in [0.4, 0.5) is 17.1 Å². The normalized spacial score (nSPS) is 14.2. The number of nitrogens with zero attached hydrogens (tertiary/aromatic N) is 2. The van der Waals surface area contributed by atoms with Crippen LogP contribution >= 0.6 is 9.53 Å². The summed E-state index contributed by atoms with van der Waals surface area (Å²) in [6, 6.07) is 21.4. The van der Waals surface area contributed by atoms with Crippen molar-refractivity contribution in [1.29, 1.82) is 0 Å². The Balaban J connectivity index is 2.01. The average Bonchev–Trinajstić information content (AvgIpc) is 3.36. The fourth-order valence-corrected chi connectivity index (χ4v) is 9.77. The molecule has 1 amide bonds. The van der Waals surface area contributed by atoms with Crippen molar-refractivity contribution in [3.05, 3.63) is 95.3 Å². The van der Waals surface area contributed by atoms with E-state index in [-0.39, 0.29) is 10.5 Å². The molecule has 3 aromatic rings. The number of rotatable bonds is 9. The van der Waals surface area contributed by atoms with Crippen LogP contribution in [-0.2, 0) is 20.5 Å². The number of para-hydroxylation sites is 3. The van der Waals surface area contributed by atoms with Gasteiger partial charge in [-0.1, -0.05) is 0 Å². The van der Waals surface area contributed by atoms with Crippen LogP contribution in [0.15, 0.2) is 73.1 Å². The number of hydrogen-bond acceptors (Lipinski definition) is 3. The molecule has 1 N–H and O–H groups in total. The molecule has 1 aliphatic rings. The Bertz CT molecular complexity index is 1290. The van der Waals surface area contributed by atoms with Crippen molar-refractivity contribution in [3.8, 4) is 0 Å². The maximum atomic E-state index is 12.2. The first-order valence-electron chi connectivity index (χ1n) is 14.6. The topological polar surface area (TPSA) is 35.6 Å². The molecule has 3 aromatic carbocycles. The zero-order chi connectivity index (χ0) is 30.0. The van der Waals surface area contributed by atoms with Gasteiger partial charge in [0.1, 0.15) is 0 Å². The van der Waals surface area contributed by atoms with Crippen molar-refractivity contribution < 1.29 is 20.5 Å². The Morgan fingerprint density at radius 3 is 1.44 bits per heavy atom. The second kappa shape index (κ2) is 13.2. The predicted octanol–water partition coefficient (Wildman–Crippen LogP) is 9.32. The number of nitrogens with one attached hydrogen (secondary N) is 1. The molecule has 223 valence electrons. The minimum absolute atomic E-state index is 0.0933. The summed E-state index contributed by atoms with van der Waals surface area (Å²) in [6.45, 7) is 19.7. The SMILES string of the molecule is CC(=O)Nc1cccc[c]1[Pd]([Cl])[CH]1N(c2c(C(C)C)cccc2C(C)C)C=CN1c1c(C(C)C)cccc1C(C)C. The van der Waals surface area contributed by atoms with Crippen molar-refractivity contribution in [2.75, 3.05) is 15.1 Å². The zero-order valence-electron chi connectivity index (χ0n) is 25.8. The summed E-state index contributed by atoms with van der Waals surface area (Å²) in [4.78, 5) is 17.1. The van der Waals surface area contributed by atoms with Crippen molar-refractivity contribution in [2.24, 2.45) is 0 Å². The third-order valence-corrected chi connectivity index (χ3v) is 12.0. The molecule has 0 aliphatic carbocycles. The van der Waals surface area contributed by atoms with Crippen LogP contribution in [0.3, 0.4) is 0 Å². The van der Waals surface area contributed by atoms with Crippen LogP contribution in [0, 0.1) is 0 Å². The third kappa shape index (κ3) is 6.43. The first-order chi connectivity index (χ1) is 19.4. The van der Waals surface area contributed by atoms with E-state index >= 15 is 0 Å². The molecule has 0 spiro atoms. The van der Waals surface area contributed by atoms with Gasteiger partial charge in [-0.25, -0.2) is 0 Å². The summed E-state index contributed by atoms with van der Waals surface area (Å²) < 4.78 is 0.868. The van der Waals surface area contributed by atoms with E-state index in [1.807, 2.05) is 18.2 Å². The number of carbonyl (C=O) groups is 1. The molecule has 0 saturated carbocycles. The number of hydrogen-bond donors (Lipinski definition) is 1. The number of amides is 1. The molecule has 0 saturated heterocycles. The van der Waals surface area contributed by atoms with Crippen LogP contribution in [-0.4, -0.2) is 10.5 Å². The molecule has 1 heterocycles. The van der Waals surface area contributed by atoms with Crippen LogP contribution in [0.1, 0.15) is 108 Å². The van der Waals surface area contributed by atoms with Gasteiger partial charge in [-0.15, -0.1) is 0 Å². The second-order valence-corrected chi connectivity index (χ2v) is 16.2. The number of halogens is 1.